The van der Waals surface area contributed by atoms with Crippen molar-refractivity contribution in [2.45, 2.75) is 44.1 Å². The molecule has 3 rings (SSSR count). The number of rotatable bonds is 4. The average Bonchev–Trinajstić information content (AvgIpc) is 2.55. The number of carboxylic acids is 1. The highest BCUT2D eigenvalue weighted by Gasteiger charge is 2.29. The number of ether oxygens (including phenoxy) is 1. The first-order chi connectivity index (χ1) is 11.1. The molecular formula is C18H23NO4. The summed E-state index contributed by atoms with van der Waals surface area (Å²) < 4.78 is 5.44. The van der Waals surface area contributed by atoms with Gasteiger partial charge >= 0.3 is 5.97 Å². The summed E-state index contributed by atoms with van der Waals surface area (Å²) >= 11 is 0. The van der Waals surface area contributed by atoms with E-state index in [1.165, 1.54) is 11.1 Å². The normalized spacial score (nSPS) is 24.1. The van der Waals surface area contributed by atoms with Gasteiger partial charge in [-0.3, -0.25) is 9.59 Å². The van der Waals surface area contributed by atoms with Crippen LogP contribution in [0.4, 0.5) is 0 Å². The van der Waals surface area contributed by atoms with Crippen molar-refractivity contribution in [3.8, 4) is 0 Å². The van der Waals surface area contributed by atoms with Gasteiger partial charge in [0.2, 0.25) is 5.91 Å². The predicted molar refractivity (Wildman–Crippen MR) is 85.3 cm³/mol. The van der Waals surface area contributed by atoms with Crippen molar-refractivity contribution in [3.63, 3.8) is 0 Å². The van der Waals surface area contributed by atoms with Crippen LogP contribution in [-0.4, -0.2) is 47.7 Å². The van der Waals surface area contributed by atoms with Crippen LogP contribution in [0, 0.1) is 0 Å². The van der Waals surface area contributed by atoms with E-state index in [1.54, 1.807) is 4.90 Å². The Hall–Kier alpha value is -1.88. The number of carbonyl (C=O) groups is 2. The van der Waals surface area contributed by atoms with Crippen molar-refractivity contribution >= 4 is 11.9 Å². The highest BCUT2D eigenvalue weighted by molar-refractivity contribution is 5.77. The lowest BCUT2D eigenvalue weighted by Gasteiger charge is -2.34. The Labute approximate surface area is 136 Å². The first-order valence-electron chi connectivity index (χ1n) is 8.32. The Morgan fingerprint density at radius 3 is 2.91 bits per heavy atom. The number of hydrogen-bond acceptors (Lipinski definition) is 3. The lowest BCUT2D eigenvalue weighted by molar-refractivity contribution is -0.147. The minimum Gasteiger partial charge on any atom is -0.481 e. The SMILES string of the molecule is O=C(O)C[C@@H]1CN(C(=O)C[C@H]2CCCc3ccccc32)CCO1. The molecule has 1 aromatic carbocycles. The second-order valence-electron chi connectivity index (χ2n) is 6.42. The van der Waals surface area contributed by atoms with Crippen molar-refractivity contribution < 1.29 is 19.4 Å². The van der Waals surface area contributed by atoms with E-state index in [0.29, 0.717) is 26.1 Å². The molecule has 1 N–H and O–H groups in total. The molecule has 124 valence electrons. The van der Waals surface area contributed by atoms with Gasteiger partial charge in [0.05, 0.1) is 19.1 Å². The summed E-state index contributed by atoms with van der Waals surface area (Å²) in [4.78, 5) is 25.2. The van der Waals surface area contributed by atoms with E-state index in [0.717, 1.165) is 19.3 Å². The summed E-state index contributed by atoms with van der Waals surface area (Å²) in [5.74, 6) is -0.482. The van der Waals surface area contributed by atoms with E-state index in [2.05, 4.69) is 18.2 Å². The van der Waals surface area contributed by atoms with E-state index in [1.807, 2.05) is 6.07 Å². The van der Waals surface area contributed by atoms with Gasteiger partial charge in [-0.2, -0.15) is 0 Å². The molecular weight excluding hydrogens is 294 g/mol. The Morgan fingerprint density at radius 1 is 1.26 bits per heavy atom. The molecule has 1 aliphatic carbocycles. The van der Waals surface area contributed by atoms with Gasteiger partial charge in [-0.15, -0.1) is 0 Å². The molecule has 0 saturated carbocycles. The molecule has 2 aliphatic rings. The minimum atomic E-state index is -0.884. The molecule has 1 amide bonds. The van der Waals surface area contributed by atoms with Crippen LogP contribution >= 0.6 is 0 Å². The molecule has 1 saturated heterocycles. The molecule has 0 aromatic heterocycles. The summed E-state index contributed by atoms with van der Waals surface area (Å²) in [5, 5.41) is 8.88. The van der Waals surface area contributed by atoms with Crippen molar-refractivity contribution in [2.24, 2.45) is 0 Å². The zero-order chi connectivity index (χ0) is 16.2. The number of amides is 1. The Balaban J connectivity index is 1.62. The van der Waals surface area contributed by atoms with E-state index in [-0.39, 0.29) is 24.3 Å². The van der Waals surface area contributed by atoms with Crippen molar-refractivity contribution in [2.75, 3.05) is 19.7 Å². The lowest BCUT2D eigenvalue weighted by atomic mass is 9.81. The quantitative estimate of drug-likeness (QED) is 0.924. The maximum Gasteiger partial charge on any atom is 0.306 e. The van der Waals surface area contributed by atoms with Crippen LogP contribution < -0.4 is 0 Å². The predicted octanol–water partition coefficient (Wildman–Crippen LogP) is 2.20. The van der Waals surface area contributed by atoms with Gasteiger partial charge in [0.15, 0.2) is 0 Å². The molecule has 0 unspecified atom stereocenters. The zero-order valence-electron chi connectivity index (χ0n) is 13.2. The fourth-order valence-corrected chi connectivity index (χ4v) is 3.67. The third kappa shape index (κ3) is 3.91. The van der Waals surface area contributed by atoms with Crippen molar-refractivity contribution in [3.05, 3.63) is 35.4 Å². The van der Waals surface area contributed by atoms with Crippen molar-refractivity contribution in [1.29, 1.82) is 0 Å². The number of benzene rings is 1. The van der Waals surface area contributed by atoms with Crippen LogP contribution in [0.3, 0.4) is 0 Å². The largest absolute Gasteiger partial charge is 0.481 e. The number of morpholine rings is 1. The number of fused-ring (bicyclic) bond motifs is 1. The highest BCUT2D eigenvalue weighted by atomic mass is 16.5. The maximum atomic E-state index is 12.6. The van der Waals surface area contributed by atoms with Crippen LogP contribution in [0.25, 0.3) is 0 Å². The van der Waals surface area contributed by atoms with E-state index in [4.69, 9.17) is 9.84 Å². The van der Waals surface area contributed by atoms with E-state index in [9.17, 15) is 9.59 Å². The Bertz CT molecular complexity index is 586. The number of nitrogens with zero attached hydrogens (tertiary/aromatic N) is 1. The summed E-state index contributed by atoms with van der Waals surface area (Å²) in [6.45, 7) is 1.37. The van der Waals surface area contributed by atoms with Gasteiger partial charge in [0, 0.05) is 19.5 Å². The van der Waals surface area contributed by atoms with Crippen LogP contribution in [0.2, 0.25) is 0 Å². The smallest absolute Gasteiger partial charge is 0.306 e. The molecule has 1 fully saturated rings. The third-order valence-electron chi connectivity index (χ3n) is 4.81. The zero-order valence-corrected chi connectivity index (χ0v) is 13.2. The maximum absolute atomic E-state index is 12.6. The first-order valence-corrected chi connectivity index (χ1v) is 8.32. The Morgan fingerprint density at radius 2 is 2.09 bits per heavy atom. The van der Waals surface area contributed by atoms with Crippen LogP contribution in [0.1, 0.15) is 42.7 Å². The molecule has 0 bridgehead atoms. The van der Waals surface area contributed by atoms with Crippen LogP contribution in [-0.2, 0) is 20.7 Å². The first kappa shape index (κ1) is 16.0. The van der Waals surface area contributed by atoms with Gasteiger partial charge in [-0.25, -0.2) is 0 Å². The van der Waals surface area contributed by atoms with Crippen molar-refractivity contribution in [1.82, 2.24) is 4.90 Å². The van der Waals surface area contributed by atoms with E-state index >= 15 is 0 Å². The summed E-state index contributed by atoms with van der Waals surface area (Å²) in [7, 11) is 0. The number of aliphatic carboxylic acids is 1. The lowest BCUT2D eigenvalue weighted by Crippen LogP contribution is -2.46. The van der Waals surface area contributed by atoms with Gasteiger partial charge in [-0.05, 0) is 36.3 Å². The van der Waals surface area contributed by atoms with Gasteiger partial charge in [0.25, 0.3) is 0 Å². The average molecular weight is 317 g/mol. The monoisotopic (exact) mass is 317 g/mol. The third-order valence-corrected chi connectivity index (χ3v) is 4.81. The molecule has 1 heterocycles. The number of hydrogen-bond donors (Lipinski definition) is 1. The number of carboxylic acid groups (broad SMARTS) is 1. The van der Waals surface area contributed by atoms with Crippen LogP contribution in [0.15, 0.2) is 24.3 Å². The van der Waals surface area contributed by atoms with Gasteiger partial charge < -0.3 is 14.7 Å². The topological polar surface area (TPSA) is 66.8 Å². The molecule has 23 heavy (non-hydrogen) atoms. The molecule has 1 aliphatic heterocycles. The molecule has 0 radical (unpaired) electrons. The fraction of sp³-hybridized carbons (Fsp3) is 0.556. The van der Waals surface area contributed by atoms with E-state index < -0.39 is 5.97 Å². The molecule has 5 heteroatoms. The highest BCUT2D eigenvalue weighted by Crippen LogP contribution is 2.34. The molecule has 0 spiro atoms. The molecule has 1 aromatic rings. The second-order valence-corrected chi connectivity index (χ2v) is 6.42. The molecule has 2 atom stereocenters. The Kier molecular flexibility index (Phi) is 4.96. The standard InChI is InChI=1S/C18H23NO4/c20-17(19-8-9-23-15(12-19)11-18(21)22)10-14-6-3-5-13-4-1-2-7-16(13)14/h1-2,4,7,14-15H,3,5-6,8-12H2,(H,21,22)/t14-,15-/m1/s1. The number of aryl methyl sites for hydroxylation is 1. The summed E-state index contributed by atoms with van der Waals surface area (Å²) in [6.07, 6.45) is 3.35. The second kappa shape index (κ2) is 7.13. The fourth-order valence-electron chi connectivity index (χ4n) is 3.67. The summed E-state index contributed by atoms with van der Waals surface area (Å²) in [6, 6.07) is 8.39. The minimum absolute atomic E-state index is 0.0456. The van der Waals surface area contributed by atoms with Gasteiger partial charge in [0.1, 0.15) is 0 Å². The van der Waals surface area contributed by atoms with Gasteiger partial charge in [-0.1, -0.05) is 24.3 Å². The summed E-state index contributed by atoms with van der Waals surface area (Å²) in [5.41, 5.74) is 2.67. The number of carbonyl (C=O) groups excluding carboxylic acids is 1. The molecule has 5 nitrogen and oxygen atoms in total. The van der Waals surface area contributed by atoms with Crippen LogP contribution in [0.5, 0.6) is 0 Å².